The van der Waals surface area contributed by atoms with Crippen LogP contribution in [0.2, 0.25) is 0 Å². The molecule has 5 nitrogen and oxygen atoms in total. The Labute approximate surface area is 126 Å². The number of hydrogen-bond acceptors (Lipinski definition) is 5. The van der Waals surface area contributed by atoms with Crippen molar-refractivity contribution in [3.05, 3.63) is 35.7 Å². The van der Waals surface area contributed by atoms with Crippen LogP contribution in [0.15, 0.2) is 24.5 Å². The molecule has 0 amide bonds. The first-order valence-electron chi connectivity index (χ1n) is 7.22. The quantitative estimate of drug-likeness (QED) is 0.782. The van der Waals surface area contributed by atoms with Gasteiger partial charge in [-0.05, 0) is 50.5 Å². The van der Waals surface area contributed by atoms with Gasteiger partial charge in [-0.3, -0.25) is 0 Å². The van der Waals surface area contributed by atoms with Crippen molar-refractivity contribution in [2.75, 3.05) is 16.4 Å². The topological polar surface area (TPSA) is 75.9 Å². The number of rotatable bonds is 5. The maximum atomic E-state index is 6.16. The molecular formula is C16H23N5. The summed E-state index contributed by atoms with van der Waals surface area (Å²) in [6.07, 6.45) is 2.52. The molecule has 2 aromatic rings. The first kappa shape index (κ1) is 15.1. The van der Waals surface area contributed by atoms with Crippen LogP contribution in [-0.4, -0.2) is 16.0 Å². The Balaban J connectivity index is 2.26. The van der Waals surface area contributed by atoms with Gasteiger partial charge in [-0.2, -0.15) is 0 Å². The Morgan fingerprint density at radius 3 is 2.33 bits per heavy atom. The standard InChI is InChI=1S/C16H23N5/c1-5-12(4)20-15-14(17)16(19-9-18-15)21-13-7-10(2)6-11(3)8-13/h6-9,12H,5,17H2,1-4H3,(H2,18,19,20,21). The number of aryl methyl sites for hydroxylation is 2. The molecule has 0 radical (unpaired) electrons. The fraction of sp³-hybridized carbons (Fsp3) is 0.375. The minimum Gasteiger partial charge on any atom is -0.393 e. The van der Waals surface area contributed by atoms with Gasteiger partial charge in [0.2, 0.25) is 0 Å². The van der Waals surface area contributed by atoms with E-state index in [1.165, 1.54) is 17.5 Å². The van der Waals surface area contributed by atoms with Gasteiger partial charge in [0.05, 0.1) is 0 Å². The first-order chi connectivity index (χ1) is 9.99. The number of hydrogen-bond donors (Lipinski definition) is 3. The van der Waals surface area contributed by atoms with Crippen LogP contribution in [0.3, 0.4) is 0 Å². The summed E-state index contributed by atoms with van der Waals surface area (Å²) in [5.41, 5.74) is 10.1. The van der Waals surface area contributed by atoms with E-state index in [0.29, 0.717) is 23.4 Å². The van der Waals surface area contributed by atoms with Crippen LogP contribution in [0.4, 0.5) is 23.0 Å². The zero-order chi connectivity index (χ0) is 15.4. The lowest BCUT2D eigenvalue weighted by atomic mass is 10.1. The molecule has 1 unspecified atom stereocenters. The highest BCUT2D eigenvalue weighted by atomic mass is 15.1. The van der Waals surface area contributed by atoms with E-state index in [9.17, 15) is 0 Å². The molecule has 4 N–H and O–H groups in total. The summed E-state index contributed by atoms with van der Waals surface area (Å²) in [5, 5.41) is 6.56. The van der Waals surface area contributed by atoms with Crippen molar-refractivity contribution < 1.29 is 0 Å². The summed E-state index contributed by atoms with van der Waals surface area (Å²) in [6, 6.07) is 6.58. The number of nitrogens with zero attached hydrogens (tertiary/aromatic N) is 2. The second-order valence-corrected chi connectivity index (χ2v) is 5.44. The second-order valence-electron chi connectivity index (χ2n) is 5.44. The summed E-state index contributed by atoms with van der Waals surface area (Å²) in [6.45, 7) is 8.34. The smallest absolute Gasteiger partial charge is 0.159 e. The van der Waals surface area contributed by atoms with Gasteiger partial charge in [-0.15, -0.1) is 0 Å². The van der Waals surface area contributed by atoms with E-state index in [2.05, 4.69) is 66.5 Å². The van der Waals surface area contributed by atoms with Gasteiger partial charge in [-0.1, -0.05) is 13.0 Å². The van der Waals surface area contributed by atoms with Gasteiger partial charge in [0.1, 0.15) is 12.0 Å². The molecule has 0 aliphatic heterocycles. The average Bonchev–Trinajstić information content (AvgIpc) is 2.42. The van der Waals surface area contributed by atoms with E-state index in [1.807, 2.05) is 0 Å². The van der Waals surface area contributed by atoms with Crippen LogP contribution in [0.1, 0.15) is 31.4 Å². The summed E-state index contributed by atoms with van der Waals surface area (Å²) in [4.78, 5) is 8.46. The molecule has 0 aliphatic rings. The Morgan fingerprint density at radius 2 is 1.71 bits per heavy atom. The monoisotopic (exact) mass is 285 g/mol. The van der Waals surface area contributed by atoms with Crippen LogP contribution >= 0.6 is 0 Å². The van der Waals surface area contributed by atoms with Crippen molar-refractivity contribution in [3.63, 3.8) is 0 Å². The molecule has 112 valence electrons. The van der Waals surface area contributed by atoms with E-state index in [4.69, 9.17) is 5.73 Å². The first-order valence-corrected chi connectivity index (χ1v) is 7.22. The minimum atomic E-state index is 0.316. The lowest BCUT2D eigenvalue weighted by Crippen LogP contribution is -2.16. The Hall–Kier alpha value is -2.30. The molecule has 0 bridgehead atoms. The summed E-state index contributed by atoms with van der Waals surface area (Å²) in [7, 11) is 0. The molecule has 0 aliphatic carbocycles. The van der Waals surface area contributed by atoms with Gasteiger partial charge in [0.15, 0.2) is 11.6 Å². The Kier molecular flexibility index (Phi) is 4.62. The third-order valence-corrected chi connectivity index (χ3v) is 3.36. The summed E-state index contributed by atoms with van der Waals surface area (Å²) in [5.74, 6) is 1.30. The second kappa shape index (κ2) is 6.43. The molecular weight excluding hydrogens is 262 g/mol. The highest BCUT2D eigenvalue weighted by molar-refractivity contribution is 5.77. The Bertz CT molecular complexity index is 604. The third kappa shape index (κ3) is 3.84. The van der Waals surface area contributed by atoms with Crippen molar-refractivity contribution in [1.82, 2.24) is 9.97 Å². The molecule has 1 aromatic heterocycles. The third-order valence-electron chi connectivity index (χ3n) is 3.36. The normalized spacial score (nSPS) is 12.0. The molecule has 1 atom stereocenters. The predicted octanol–water partition coefficient (Wildman–Crippen LogP) is 3.63. The molecule has 0 spiro atoms. The molecule has 0 saturated carbocycles. The van der Waals surface area contributed by atoms with Crippen LogP contribution in [0, 0.1) is 13.8 Å². The minimum absolute atomic E-state index is 0.316. The van der Waals surface area contributed by atoms with Crippen molar-refractivity contribution in [3.8, 4) is 0 Å². The molecule has 1 aromatic carbocycles. The molecule has 2 rings (SSSR count). The molecule has 21 heavy (non-hydrogen) atoms. The zero-order valence-corrected chi connectivity index (χ0v) is 13.1. The maximum absolute atomic E-state index is 6.16. The lowest BCUT2D eigenvalue weighted by molar-refractivity contribution is 0.759. The molecule has 1 heterocycles. The van der Waals surface area contributed by atoms with E-state index in [1.54, 1.807) is 0 Å². The zero-order valence-electron chi connectivity index (χ0n) is 13.1. The molecule has 5 heteroatoms. The highest BCUT2D eigenvalue weighted by Gasteiger charge is 2.10. The van der Waals surface area contributed by atoms with E-state index >= 15 is 0 Å². The van der Waals surface area contributed by atoms with Crippen LogP contribution in [0.25, 0.3) is 0 Å². The van der Waals surface area contributed by atoms with E-state index in [-0.39, 0.29) is 0 Å². The van der Waals surface area contributed by atoms with E-state index < -0.39 is 0 Å². The number of nitrogens with two attached hydrogens (primary N) is 1. The largest absolute Gasteiger partial charge is 0.393 e. The van der Waals surface area contributed by atoms with Crippen molar-refractivity contribution >= 4 is 23.0 Å². The van der Waals surface area contributed by atoms with Crippen LogP contribution in [-0.2, 0) is 0 Å². The van der Waals surface area contributed by atoms with Gasteiger partial charge < -0.3 is 16.4 Å². The number of anilines is 4. The predicted molar refractivity (Wildman–Crippen MR) is 89.0 cm³/mol. The van der Waals surface area contributed by atoms with Gasteiger partial charge >= 0.3 is 0 Å². The number of benzene rings is 1. The van der Waals surface area contributed by atoms with Crippen molar-refractivity contribution in [2.24, 2.45) is 0 Å². The summed E-state index contributed by atoms with van der Waals surface area (Å²) >= 11 is 0. The van der Waals surface area contributed by atoms with Crippen LogP contribution < -0.4 is 16.4 Å². The van der Waals surface area contributed by atoms with Crippen molar-refractivity contribution in [1.29, 1.82) is 0 Å². The fourth-order valence-corrected chi connectivity index (χ4v) is 2.13. The van der Waals surface area contributed by atoms with Gasteiger partial charge in [0, 0.05) is 11.7 Å². The average molecular weight is 285 g/mol. The fourth-order valence-electron chi connectivity index (χ4n) is 2.13. The molecule has 0 fully saturated rings. The lowest BCUT2D eigenvalue weighted by Gasteiger charge is -2.16. The maximum Gasteiger partial charge on any atom is 0.159 e. The van der Waals surface area contributed by atoms with E-state index in [0.717, 1.165) is 12.1 Å². The number of nitrogen functional groups attached to an aromatic ring is 1. The summed E-state index contributed by atoms with van der Waals surface area (Å²) < 4.78 is 0. The number of nitrogens with one attached hydrogen (secondary N) is 2. The van der Waals surface area contributed by atoms with Crippen molar-refractivity contribution in [2.45, 2.75) is 40.2 Å². The number of aromatic nitrogens is 2. The molecule has 0 saturated heterocycles. The SMILES string of the molecule is CCC(C)Nc1ncnc(Nc2cc(C)cc(C)c2)c1N. The Morgan fingerprint density at radius 1 is 1.10 bits per heavy atom. The van der Waals surface area contributed by atoms with Gasteiger partial charge in [-0.25, -0.2) is 9.97 Å². The van der Waals surface area contributed by atoms with Gasteiger partial charge in [0.25, 0.3) is 0 Å². The highest BCUT2D eigenvalue weighted by Crippen LogP contribution is 2.27. The van der Waals surface area contributed by atoms with Crippen LogP contribution in [0.5, 0.6) is 0 Å².